The van der Waals surface area contributed by atoms with Crippen molar-refractivity contribution >= 4 is 27.5 Å². The average Bonchev–Trinajstić information content (AvgIpc) is 3.27. The van der Waals surface area contributed by atoms with Crippen LogP contribution in [0.5, 0.6) is 11.8 Å². The largest absolute Gasteiger partial charge is 0.508 e. The molecule has 0 amide bonds. The molecule has 3 aliphatic rings. The standard InChI is InChI=1S/C29H27F5N6O2/c1-39-12-20(29(32,33)34)22(39)13-42-28-37-26-19(27(38-28)40-10-15-5-6-16(11-40)36-15)9-35-25(24(26)31)18-8-17(41)7-14-3-2-4-21(30)23(14)18/h2-4,7-9,15-16,20,22,36,41H,5-6,10-13H2,1H3/t15?,16?,20-,22-/m1/s1. The number of benzene rings is 2. The Bertz CT molecular complexity index is 1690. The van der Waals surface area contributed by atoms with Crippen LogP contribution < -0.4 is 15.0 Å². The van der Waals surface area contributed by atoms with E-state index in [2.05, 4.69) is 20.3 Å². The summed E-state index contributed by atoms with van der Waals surface area (Å²) in [6, 6.07) is 6.17. The van der Waals surface area contributed by atoms with Gasteiger partial charge in [-0.1, -0.05) is 12.1 Å². The summed E-state index contributed by atoms with van der Waals surface area (Å²) in [5, 5.41) is 14.6. The van der Waals surface area contributed by atoms with Crippen LogP contribution in [0.4, 0.5) is 27.8 Å². The van der Waals surface area contributed by atoms with Gasteiger partial charge in [-0.15, -0.1) is 0 Å². The molecule has 7 rings (SSSR count). The Labute approximate surface area is 237 Å². The van der Waals surface area contributed by atoms with Crippen molar-refractivity contribution in [2.24, 2.45) is 5.92 Å². The maximum atomic E-state index is 16.4. The van der Waals surface area contributed by atoms with Gasteiger partial charge < -0.3 is 20.1 Å². The highest BCUT2D eigenvalue weighted by Crippen LogP contribution is 2.40. The fourth-order valence-electron chi connectivity index (χ4n) is 6.50. The molecule has 220 valence electrons. The smallest absolute Gasteiger partial charge is 0.394 e. The monoisotopic (exact) mass is 586 g/mol. The number of nitrogens with one attached hydrogen (secondary N) is 1. The Morgan fingerprint density at radius 3 is 2.55 bits per heavy atom. The molecule has 2 unspecified atom stereocenters. The molecule has 2 bridgehead atoms. The summed E-state index contributed by atoms with van der Waals surface area (Å²) in [6.45, 7) is 0.716. The number of halogens is 5. The van der Waals surface area contributed by atoms with Crippen molar-refractivity contribution in [2.45, 2.75) is 37.1 Å². The first-order chi connectivity index (χ1) is 20.1. The van der Waals surface area contributed by atoms with E-state index in [1.807, 2.05) is 4.90 Å². The zero-order valence-electron chi connectivity index (χ0n) is 22.5. The lowest BCUT2D eigenvalue weighted by Gasteiger charge is -2.46. The van der Waals surface area contributed by atoms with E-state index < -0.39 is 29.8 Å². The topological polar surface area (TPSA) is 86.6 Å². The molecular weight excluding hydrogens is 559 g/mol. The number of alkyl halides is 3. The molecule has 0 radical (unpaired) electrons. The Morgan fingerprint density at radius 2 is 1.83 bits per heavy atom. The van der Waals surface area contributed by atoms with Gasteiger partial charge in [0.25, 0.3) is 0 Å². The van der Waals surface area contributed by atoms with E-state index in [9.17, 15) is 22.7 Å². The van der Waals surface area contributed by atoms with Gasteiger partial charge in [-0.3, -0.25) is 9.88 Å². The van der Waals surface area contributed by atoms with Crippen molar-refractivity contribution in [1.29, 1.82) is 0 Å². The van der Waals surface area contributed by atoms with Gasteiger partial charge in [0.2, 0.25) is 0 Å². The molecule has 0 aliphatic carbocycles. The molecule has 8 nitrogen and oxygen atoms in total. The molecule has 4 atom stereocenters. The van der Waals surface area contributed by atoms with Crippen LogP contribution in [-0.2, 0) is 0 Å². The molecule has 2 N–H and O–H groups in total. The van der Waals surface area contributed by atoms with Crippen molar-refractivity contribution in [3.05, 3.63) is 48.2 Å². The van der Waals surface area contributed by atoms with E-state index in [1.165, 1.54) is 35.4 Å². The van der Waals surface area contributed by atoms with Crippen molar-refractivity contribution in [1.82, 2.24) is 25.2 Å². The summed E-state index contributed by atoms with van der Waals surface area (Å²) in [5.41, 5.74) is -0.358. The summed E-state index contributed by atoms with van der Waals surface area (Å²) in [7, 11) is 1.58. The Balaban J connectivity index is 1.34. The molecule has 3 saturated heterocycles. The lowest BCUT2D eigenvalue weighted by atomic mass is 9.89. The maximum absolute atomic E-state index is 16.4. The first-order valence-corrected chi connectivity index (χ1v) is 13.8. The van der Waals surface area contributed by atoms with Gasteiger partial charge in [-0.2, -0.15) is 23.1 Å². The van der Waals surface area contributed by atoms with Crippen molar-refractivity contribution in [2.75, 3.05) is 38.2 Å². The number of fused-ring (bicyclic) bond motifs is 4. The molecule has 0 saturated carbocycles. The SMILES string of the molecule is CN1C[C@@H](C(F)(F)F)[C@H]1COc1nc(N2CC3CCC(C2)N3)c2cnc(-c3cc(O)cc4cccc(F)c34)c(F)c2n1. The number of aromatic hydroxyl groups is 1. The van der Waals surface area contributed by atoms with Crippen LogP contribution in [0.1, 0.15) is 12.8 Å². The molecule has 2 aromatic heterocycles. The number of anilines is 1. The summed E-state index contributed by atoms with van der Waals surface area (Å²) in [4.78, 5) is 16.7. The third-order valence-electron chi connectivity index (χ3n) is 8.64. The average molecular weight is 587 g/mol. The molecule has 13 heteroatoms. The number of nitrogens with zero attached hydrogens (tertiary/aromatic N) is 5. The first-order valence-electron chi connectivity index (χ1n) is 13.8. The lowest BCUT2D eigenvalue weighted by Crippen LogP contribution is -2.61. The molecule has 3 aliphatic heterocycles. The number of hydrogen-bond donors (Lipinski definition) is 2. The van der Waals surface area contributed by atoms with Gasteiger partial charge in [0.15, 0.2) is 5.82 Å². The maximum Gasteiger partial charge on any atom is 0.394 e. The second-order valence-electron chi connectivity index (χ2n) is 11.4. The van der Waals surface area contributed by atoms with Crippen molar-refractivity contribution in [3.63, 3.8) is 0 Å². The second kappa shape index (κ2) is 9.87. The van der Waals surface area contributed by atoms with Crippen LogP contribution in [0.3, 0.4) is 0 Å². The number of ether oxygens (including phenoxy) is 1. The fraction of sp³-hybridized carbons (Fsp3) is 0.414. The highest BCUT2D eigenvalue weighted by molar-refractivity contribution is 6.00. The predicted molar refractivity (Wildman–Crippen MR) is 145 cm³/mol. The minimum atomic E-state index is -4.37. The van der Waals surface area contributed by atoms with E-state index in [0.717, 1.165) is 12.8 Å². The number of likely N-dealkylation sites (N-methyl/N-ethyl adjacent to an activating group) is 1. The minimum Gasteiger partial charge on any atom is -0.508 e. The predicted octanol–water partition coefficient (Wildman–Crippen LogP) is 4.64. The molecule has 42 heavy (non-hydrogen) atoms. The molecule has 4 aromatic rings. The summed E-state index contributed by atoms with van der Waals surface area (Å²) >= 11 is 0. The second-order valence-corrected chi connectivity index (χ2v) is 11.4. The van der Waals surface area contributed by atoms with Gasteiger partial charge in [-0.25, -0.2) is 8.78 Å². The molecule has 3 fully saturated rings. The highest BCUT2D eigenvalue weighted by Gasteiger charge is 2.53. The van der Waals surface area contributed by atoms with Crippen LogP contribution in [0.25, 0.3) is 32.9 Å². The number of rotatable bonds is 5. The molecule has 5 heterocycles. The molecular formula is C29H27F5N6O2. The number of phenolic OH excluding ortho intramolecular Hbond substituents is 1. The van der Waals surface area contributed by atoms with Crippen molar-refractivity contribution < 1.29 is 31.8 Å². The lowest BCUT2D eigenvalue weighted by molar-refractivity contribution is -0.230. The Kier molecular flexibility index (Phi) is 6.35. The minimum absolute atomic E-state index is 0.0365. The van der Waals surface area contributed by atoms with Crippen LogP contribution in [0, 0.1) is 17.6 Å². The van der Waals surface area contributed by atoms with Gasteiger partial charge in [0.05, 0.1) is 17.3 Å². The Morgan fingerprint density at radius 1 is 1.07 bits per heavy atom. The number of hydrogen-bond acceptors (Lipinski definition) is 8. The summed E-state index contributed by atoms with van der Waals surface area (Å²) < 4.78 is 77.4. The van der Waals surface area contributed by atoms with Crippen LogP contribution >= 0.6 is 0 Å². The number of pyridine rings is 1. The summed E-state index contributed by atoms with van der Waals surface area (Å²) in [5.74, 6) is -2.88. The van der Waals surface area contributed by atoms with Crippen LogP contribution in [0.2, 0.25) is 0 Å². The highest BCUT2D eigenvalue weighted by atomic mass is 19.4. The van der Waals surface area contributed by atoms with Gasteiger partial charge in [0.1, 0.15) is 35.2 Å². The number of aromatic nitrogens is 3. The van der Waals surface area contributed by atoms with E-state index in [-0.39, 0.29) is 59.2 Å². The third-order valence-corrected chi connectivity index (χ3v) is 8.64. The third kappa shape index (κ3) is 4.55. The normalized spacial score (nSPS) is 24.4. The van der Waals surface area contributed by atoms with Gasteiger partial charge >= 0.3 is 12.2 Å². The fourth-order valence-corrected chi connectivity index (χ4v) is 6.50. The van der Waals surface area contributed by atoms with E-state index in [1.54, 1.807) is 13.1 Å². The van der Waals surface area contributed by atoms with Crippen LogP contribution in [0.15, 0.2) is 36.5 Å². The Hall–Kier alpha value is -3.84. The van der Waals surface area contributed by atoms with E-state index in [0.29, 0.717) is 29.7 Å². The van der Waals surface area contributed by atoms with E-state index in [4.69, 9.17) is 4.74 Å². The quantitative estimate of drug-likeness (QED) is 0.327. The number of piperazine rings is 1. The zero-order valence-corrected chi connectivity index (χ0v) is 22.5. The van der Waals surface area contributed by atoms with Gasteiger partial charge in [-0.05, 0) is 43.5 Å². The van der Waals surface area contributed by atoms with Crippen molar-refractivity contribution in [3.8, 4) is 23.0 Å². The van der Waals surface area contributed by atoms with Gasteiger partial charge in [0, 0.05) is 48.9 Å². The van der Waals surface area contributed by atoms with Crippen LogP contribution in [-0.4, -0.2) is 82.5 Å². The zero-order chi connectivity index (χ0) is 29.3. The molecule has 2 aromatic carbocycles. The number of likely N-dealkylation sites (tertiary alicyclic amines) is 1. The molecule has 0 spiro atoms. The van der Waals surface area contributed by atoms with E-state index >= 15 is 4.39 Å². The number of phenols is 1. The summed E-state index contributed by atoms with van der Waals surface area (Å²) in [6.07, 6.45) is -1.00. The first kappa shape index (κ1) is 27.0.